The fourth-order valence-corrected chi connectivity index (χ4v) is 5.11. The van der Waals surface area contributed by atoms with Crippen LogP contribution >= 0.6 is 7.52 Å². The number of methoxy groups -OCH3 is 3. The molecule has 0 aromatic heterocycles. The van der Waals surface area contributed by atoms with Crippen molar-refractivity contribution in [2.24, 2.45) is 0 Å². The standard InChI is InChI=1S/C29H36NO10P/c1-19(2)39-29(34)20(3)30-41(35,18-36-4)40-26-14-10-22(16-28(26)38-6)8-12-24(32)17-23(31)11-7-21-9-13-25(33)27(15-21)37-5/h7-16,19-20,33H,17-18H2,1-6H3,(H,30,35)/b11-7+,12-8+. The normalized spacial score (nSPS) is 13.6. The average molecular weight is 590 g/mol. The SMILES string of the molecule is COCP(=O)(NC(C)C(=O)OC(C)C)Oc1ccc(/C=C/C(=O)CC(=O)/C=C/c2ccc(O)c(OC)c2)cc1OC. The second-order valence-electron chi connectivity index (χ2n) is 9.14. The Labute approximate surface area is 239 Å². The van der Waals surface area contributed by atoms with Crippen molar-refractivity contribution in [3.05, 3.63) is 59.7 Å². The molecule has 11 nitrogen and oxygen atoms in total. The van der Waals surface area contributed by atoms with Gasteiger partial charge in [0.2, 0.25) is 0 Å². The summed E-state index contributed by atoms with van der Waals surface area (Å²) in [4.78, 5) is 36.8. The molecule has 0 aliphatic carbocycles. The first-order chi connectivity index (χ1) is 19.4. The number of nitrogens with one attached hydrogen (secondary N) is 1. The largest absolute Gasteiger partial charge is 0.504 e. The smallest absolute Gasteiger partial charge is 0.342 e. The number of carbonyl (C=O) groups is 3. The highest BCUT2D eigenvalue weighted by molar-refractivity contribution is 7.57. The Morgan fingerprint density at radius 1 is 0.878 bits per heavy atom. The molecule has 0 fully saturated rings. The number of ether oxygens (including phenoxy) is 4. The van der Waals surface area contributed by atoms with Gasteiger partial charge in [0.15, 0.2) is 34.6 Å². The van der Waals surface area contributed by atoms with E-state index in [0.29, 0.717) is 11.1 Å². The van der Waals surface area contributed by atoms with Gasteiger partial charge >= 0.3 is 13.5 Å². The minimum Gasteiger partial charge on any atom is -0.504 e. The number of aromatic hydroxyl groups is 1. The monoisotopic (exact) mass is 589 g/mol. The van der Waals surface area contributed by atoms with Crippen LogP contribution in [-0.2, 0) is 28.4 Å². The highest BCUT2D eigenvalue weighted by Gasteiger charge is 2.31. The summed E-state index contributed by atoms with van der Waals surface area (Å²) in [7, 11) is 0.441. The Kier molecular flexibility index (Phi) is 12.8. The van der Waals surface area contributed by atoms with E-state index in [9.17, 15) is 24.1 Å². The Balaban J connectivity index is 2.07. The summed E-state index contributed by atoms with van der Waals surface area (Å²) in [6, 6.07) is 8.35. The summed E-state index contributed by atoms with van der Waals surface area (Å²) in [5.41, 5.74) is 1.19. The van der Waals surface area contributed by atoms with Crippen molar-refractivity contribution in [1.29, 1.82) is 0 Å². The molecule has 0 amide bonds. The third-order valence-electron chi connectivity index (χ3n) is 5.30. The summed E-state index contributed by atoms with van der Waals surface area (Å²) in [6.07, 6.45) is 4.57. The predicted octanol–water partition coefficient (Wildman–Crippen LogP) is 4.77. The Bertz CT molecular complexity index is 1330. The van der Waals surface area contributed by atoms with Gasteiger partial charge < -0.3 is 28.6 Å². The maximum Gasteiger partial charge on any atom is 0.342 e. The molecule has 0 saturated heterocycles. The van der Waals surface area contributed by atoms with Gasteiger partial charge in [0.1, 0.15) is 12.4 Å². The zero-order chi connectivity index (χ0) is 30.6. The van der Waals surface area contributed by atoms with Crippen LogP contribution in [0.25, 0.3) is 12.2 Å². The van der Waals surface area contributed by atoms with E-state index in [0.717, 1.165) is 0 Å². The fraction of sp³-hybridized carbons (Fsp3) is 0.345. The topological polar surface area (TPSA) is 147 Å². The predicted molar refractivity (Wildman–Crippen MR) is 154 cm³/mol. The molecule has 2 rings (SSSR count). The van der Waals surface area contributed by atoms with Gasteiger partial charge in [-0.05, 0) is 68.3 Å². The van der Waals surface area contributed by atoms with Crippen LogP contribution in [0, 0.1) is 0 Å². The Hall–Kier alpha value is -3.92. The van der Waals surface area contributed by atoms with E-state index in [1.807, 2.05) is 0 Å². The van der Waals surface area contributed by atoms with Crippen molar-refractivity contribution >= 4 is 37.2 Å². The van der Waals surface area contributed by atoms with Crippen molar-refractivity contribution in [3.8, 4) is 23.0 Å². The lowest BCUT2D eigenvalue weighted by Gasteiger charge is -2.24. The van der Waals surface area contributed by atoms with Gasteiger partial charge in [-0.3, -0.25) is 18.9 Å². The maximum atomic E-state index is 13.4. The first kappa shape index (κ1) is 33.3. The summed E-state index contributed by atoms with van der Waals surface area (Å²) in [5.74, 6) is -0.820. The van der Waals surface area contributed by atoms with E-state index in [1.54, 1.807) is 38.1 Å². The second-order valence-corrected chi connectivity index (χ2v) is 11.2. The molecule has 0 aliphatic heterocycles. The van der Waals surface area contributed by atoms with Crippen LogP contribution in [0.1, 0.15) is 38.3 Å². The highest BCUT2D eigenvalue weighted by Crippen LogP contribution is 2.46. The molecular weight excluding hydrogens is 553 g/mol. The molecule has 0 spiro atoms. The number of phenols is 1. The molecule has 2 atom stereocenters. The van der Waals surface area contributed by atoms with Crippen LogP contribution in [-0.4, -0.2) is 62.5 Å². The molecular formula is C29H36NO10P. The summed E-state index contributed by atoms with van der Waals surface area (Å²) < 4.78 is 39.7. The quantitative estimate of drug-likeness (QED) is 0.121. The fourth-order valence-electron chi connectivity index (χ4n) is 3.43. The number of phenolic OH excluding ortho intramolecular Hbond substituents is 1. The average Bonchev–Trinajstić information content (AvgIpc) is 2.91. The van der Waals surface area contributed by atoms with E-state index in [2.05, 4.69) is 5.09 Å². The molecule has 2 aromatic carbocycles. The van der Waals surface area contributed by atoms with Gasteiger partial charge in [0.05, 0.1) is 26.7 Å². The van der Waals surface area contributed by atoms with E-state index in [-0.39, 0.29) is 41.9 Å². The van der Waals surface area contributed by atoms with Gasteiger partial charge in [-0.25, -0.2) is 5.09 Å². The third kappa shape index (κ3) is 10.9. The number of rotatable bonds is 16. The molecule has 2 unspecified atom stereocenters. The van der Waals surface area contributed by atoms with Crippen LogP contribution in [0.3, 0.4) is 0 Å². The summed E-state index contributed by atoms with van der Waals surface area (Å²) in [6.45, 7) is 4.91. The van der Waals surface area contributed by atoms with E-state index >= 15 is 0 Å². The van der Waals surface area contributed by atoms with Crippen molar-refractivity contribution in [3.63, 3.8) is 0 Å². The first-order valence-electron chi connectivity index (χ1n) is 12.6. The van der Waals surface area contributed by atoms with Crippen LogP contribution in [0.15, 0.2) is 48.6 Å². The van der Waals surface area contributed by atoms with Crippen LogP contribution < -0.4 is 19.1 Å². The highest BCUT2D eigenvalue weighted by atomic mass is 31.2. The number of hydrogen-bond donors (Lipinski definition) is 2. The van der Waals surface area contributed by atoms with Crippen LogP contribution in [0.4, 0.5) is 0 Å². The lowest BCUT2D eigenvalue weighted by atomic mass is 10.1. The minimum atomic E-state index is -3.72. The number of hydrogen-bond acceptors (Lipinski definition) is 10. The Morgan fingerprint density at radius 2 is 1.44 bits per heavy atom. The number of allylic oxidation sites excluding steroid dienone is 2. The maximum absolute atomic E-state index is 13.4. The molecule has 41 heavy (non-hydrogen) atoms. The number of ketones is 2. The minimum absolute atomic E-state index is 0.0218. The van der Waals surface area contributed by atoms with Crippen LogP contribution in [0.2, 0.25) is 0 Å². The number of benzene rings is 2. The van der Waals surface area contributed by atoms with E-state index < -0.39 is 31.1 Å². The van der Waals surface area contributed by atoms with Crippen molar-refractivity contribution in [2.45, 2.75) is 39.3 Å². The molecule has 0 bridgehead atoms. The second kappa shape index (κ2) is 15.8. The number of carbonyl (C=O) groups excluding carboxylic acids is 3. The zero-order valence-electron chi connectivity index (χ0n) is 23.9. The lowest BCUT2D eigenvalue weighted by Crippen LogP contribution is -2.36. The van der Waals surface area contributed by atoms with Crippen molar-refractivity contribution in [2.75, 3.05) is 27.7 Å². The van der Waals surface area contributed by atoms with E-state index in [1.165, 1.54) is 64.7 Å². The molecule has 222 valence electrons. The third-order valence-corrected chi connectivity index (χ3v) is 7.17. The summed E-state index contributed by atoms with van der Waals surface area (Å²) in [5, 5.41) is 12.3. The molecule has 2 aromatic rings. The zero-order valence-corrected chi connectivity index (χ0v) is 24.8. The Morgan fingerprint density at radius 3 is 1.98 bits per heavy atom. The van der Waals surface area contributed by atoms with Crippen molar-refractivity contribution in [1.82, 2.24) is 5.09 Å². The molecule has 0 aliphatic rings. The van der Waals surface area contributed by atoms with Gasteiger partial charge in [0, 0.05) is 7.11 Å². The van der Waals surface area contributed by atoms with Crippen molar-refractivity contribution < 1.29 is 47.5 Å². The van der Waals surface area contributed by atoms with Gasteiger partial charge in [-0.15, -0.1) is 0 Å². The van der Waals surface area contributed by atoms with Gasteiger partial charge in [0.25, 0.3) is 0 Å². The van der Waals surface area contributed by atoms with Crippen LogP contribution in [0.5, 0.6) is 23.0 Å². The number of esters is 1. The van der Waals surface area contributed by atoms with Gasteiger partial charge in [-0.1, -0.05) is 24.3 Å². The molecule has 2 N–H and O–H groups in total. The molecule has 12 heteroatoms. The van der Waals surface area contributed by atoms with E-state index in [4.69, 9.17) is 23.5 Å². The lowest BCUT2D eigenvalue weighted by molar-refractivity contribution is -0.149. The molecule has 0 heterocycles. The first-order valence-corrected chi connectivity index (χ1v) is 14.4. The molecule has 0 radical (unpaired) electrons. The summed E-state index contributed by atoms with van der Waals surface area (Å²) >= 11 is 0. The molecule has 0 saturated carbocycles. The van der Waals surface area contributed by atoms with Gasteiger partial charge in [-0.2, -0.15) is 0 Å².